The SMILES string of the molecule is O=C(N[C@H](NC(=S)Nc1ccc2ccccc2c1)C(Cl)(Cl)Cl)C(c1ccccc1)c1ccccc1. The highest BCUT2D eigenvalue weighted by Crippen LogP contribution is 2.31. The molecule has 0 heterocycles. The standard InChI is InChI=1S/C27H22Cl3N3OS/c28-27(29,30)25(33-26(35)31-22-16-15-18-9-7-8-14-21(18)17-22)32-24(34)23(19-10-3-1-4-11-19)20-12-5-2-6-13-20/h1-17,23,25H,(H,32,34)(H2,31,33,35)/t25-/m1/s1. The Balaban J connectivity index is 1.52. The average Bonchev–Trinajstić information content (AvgIpc) is 2.84. The van der Waals surface area contributed by atoms with Crippen molar-refractivity contribution >= 4 is 74.5 Å². The summed E-state index contributed by atoms with van der Waals surface area (Å²) in [6.07, 6.45) is -1.09. The van der Waals surface area contributed by atoms with Crippen LogP contribution >= 0.6 is 47.0 Å². The molecule has 0 saturated carbocycles. The third-order valence-electron chi connectivity index (χ3n) is 5.42. The second-order valence-electron chi connectivity index (χ2n) is 7.90. The van der Waals surface area contributed by atoms with Crippen LogP contribution in [0.25, 0.3) is 10.8 Å². The monoisotopic (exact) mass is 541 g/mol. The highest BCUT2D eigenvalue weighted by Gasteiger charge is 2.36. The smallest absolute Gasteiger partial charge is 0.233 e. The van der Waals surface area contributed by atoms with E-state index in [1.54, 1.807) is 0 Å². The van der Waals surface area contributed by atoms with Gasteiger partial charge in [0.05, 0.1) is 5.92 Å². The van der Waals surface area contributed by atoms with Crippen molar-refractivity contribution < 1.29 is 4.79 Å². The van der Waals surface area contributed by atoms with Crippen molar-refractivity contribution in [2.24, 2.45) is 0 Å². The van der Waals surface area contributed by atoms with Gasteiger partial charge in [0.1, 0.15) is 6.17 Å². The number of amides is 1. The second-order valence-corrected chi connectivity index (χ2v) is 10.7. The summed E-state index contributed by atoms with van der Waals surface area (Å²) in [6, 6.07) is 32.7. The molecule has 1 atom stereocenters. The predicted octanol–water partition coefficient (Wildman–Crippen LogP) is 6.77. The van der Waals surface area contributed by atoms with Gasteiger partial charge in [-0.3, -0.25) is 4.79 Å². The van der Waals surface area contributed by atoms with Crippen LogP contribution in [0.2, 0.25) is 0 Å². The summed E-state index contributed by atoms with van der Waals surface area (Å²) in [5.41, 5.74) is 2.40. The zero-order valence-corrected chi connectivity index (χ0v) is 21.5. The lowest BCUT2D eigenvalue weighted by Gasteiger charge is -2.29. The summed E-state index contributed by atoms with van der Waals surface area (Å²) in [6.45, 7) is 0. The first kappa shape index (κ1) is 25.3. The Morgan fingerprint density at radius 3 is 1.83 bits per heavy atom. The molecule has 1 amide bonds. The Morgan fingerprint density at radius 2 is 1.26 bits per heavy atom. The number of rotatable bonds is 6. The van der Waals surface area contributed by atoms with Gasteiger partial charge < -0.3 is 16.0 Å². The molecule has 0 bridgehead atoms. The van der Waals surface area contributed by atoms with Crippen LogP contribution in [0.4, 0.5) is 5.69 Å². The summed E-state index contributed by atoms with van der Waals surface area (Å²) in [5.74, 6) is -0.934. The molecule has 0 aliphatic rings. The van der Waals surface area contributed by atoms with Gasteiger partial charge in [-0.05, 0) is 46.2 Å². The van der Waals surface area contributed by atoms with E-state index in [1.807, 2.05) is 103 Å². The van der Waals surface area contributed by atoms with Gasteiger partial charge in [0.25, 0.3) is 0 Å². The van der Waals surface area contributed by atoms with Crippen molar-refractivity contribution in [2.45, 2.75) is 15.9 Å². The van der Waals surface area contributed by atoms with Gasteiger partial charge in [0, 0.05) is 5.69 Å². The Hall–Kier alpha value is -2.83. The maximum atomic E-state index is 13.5. The van der Waals surface area contributed by atoms with E-state index >= 15 is 0 Å². The summed E-state index contributed by atoms with van der Waals surface area (Å²) in [4.78, 5) is 13.5. The molecule has 0 saturated heterocycles. The third kappa shape index (κ3) is 6.65. The Labute approximate surface area is 224 Å². The van der Waals surface area contributed by atoms with E-state index in [-0.39, 0.29) is 11.0 Å². The lowest BCUT2D eigenvalue weighted by atomic mass is 9.90. The number of fused-ring (bicyclic) bond motifs is 1. The van der Waals surface area contributed by atoms with Crippen LogP contribution in [0.5, 0.6) is 0 Å². The van der Waals surface area contributed by atoms with E-state index in [0.717, 1.165) is 27.6 Å². The molecule has 0 unspecified atom stereocenters. The number of thiocarbonyl (C=S) groups is 1. The molecule has 178 valence electrons. The van der Waals surface area contributed by atoms with Gasteiger partial charge in [-0.25, -0.2) is 0 Å². The van der Waals surface area contributed by atoms with Crippen LogP contribution in [-0.4, -0.2) is 21.0 Å². The maximum absolute atomic E-state index is 13.5. The van der Waals surface area contributed by atoms with Gasteiger partial charge >= 0.3 is 0 Å². The molecule has 0 fully saturated rings. The summed E-state index contributed by atoms with van der Waals surface area (Å²) < 4.78 is -1.87. The fourth-order valence-electron chi connectivity index (χ4n) is 3.78. The number of carbonyl (C=O) groups excluding carboxylic acids is 1. The van der Waals surface area contributed by atoms with Crippen molar-refractivity contribution in [3.05, 3.63) is 114 Å². The minimum Gasteiger partial charge on any atom is -0.339 e. The first-order valence-electron chi connectivity index (χ1n) is 10.8. The number of carbonyl (C=O) groups is 1. The molecule has 4 rings (SSSR count). The normalized spacial score (nSPS) is 12.2. The zero-order chi connectivity index (χ0) is 24.8. The van der Waals surface area contributed by atoms with Gasteiger partial charge in [0.2, 0.25) is 9.70 Å². The molecule has 4 aromatic carbocycles. The zero-order valence-electron chi connectivity index (χ0n) is 18.4. The summed E-state index contributed by atoms with van der Waals surface area (Å²) in [5, 5.41) is 11.2. The fourth-order valence-corrected chi connectivity index (χ4v) is 4.34. The minimum absolute atomic E-state index is 0.202. The lowest BCUT2D eigenvalue weighted by molar-refractivity contribution is -0.122. The third-order valence-corrected chi connectivity index (χ3v) is 6.30. The van der Waals surface area contributed by atoms with E-state index in [4.69, 9.17) is 47.0 Å². The van der Waals surface area contributed by atoms with Crippen LogP contribution in [0.3, 0.4) is 0 Å². The summed E-state index contributed by atoms with van der Waals surface area (Å²) in [7, 11) is 0. The van der Waals surface area contributed by atoms with Crippen molar-refractivity contribution in [3.8, 4) is 0 Å². The first-order valence-corrected chi connectivity index (χ1v) is 12.4. The quantitative estimate of drug-likeness (QED) is 0.143. The summed E-state index contributed by atoms with van der Waals surface area (Å²) >= 11 is 24.2. The predicted molar refractivity (Wildman–Crippen MR) is 150 cm³/mol. The van der Waals surface area contributed by atoms with Crippen molar-refractivity contribution in [1.82, 2.24) is 10.6 Å². The van der Waals surface area contributed by atoms with E-state index in [2.05, 4.69) is 16.0 Å². The molecule has 0 aromatic heterocycles. The number of nitrogens with one attached hydrogen (secondary N) is 3. The first-order chi connectivity index (χ1) is 16.8. The number of hydrogen-bond donors (Lipinski definition) is 3. The Morgan fingerprint density at radius 1 is 0.714 bits per heavy atom. The van der Waals surface area contributed by atoms with Crippen LogP contribution in [0.15, 0.2) is 103 Å². The van der Waals surface area contributed by atoms with Crippen LogP contribution in [0, 0.1) is 0 Å². The van der Waals surface area contributed by atoms with E-state index in [0.29, 0.717) is 0 Å². The second kappa shape index (κ2) is 11.3. The van der Waals surface area contributed by atoms with Crippen molar-refractivity contribution in [1.29, 1.82) is 0 Å². The number of benzene rings is 4. The molecule has 0 spiro atoms. The van der Waals surface area contributed by atoms with Crippen LogP contribution in [-0.2, 0) is 4.79 Å². The number of halogens is 3. The highest BCUT2D eigenvalue weighted by molar-refractivity contribution is 7.80. The highest BCUT2D eigenvalue weighted by atomic mass is 35.6. The topological polar surface area (TPSA) is 53.2 Å². The number of alkyl halides is 3. The molecule has 0 aliphatic carbocycles. The van der Waals surface area contributed by atoms with Gasteiger partial charge in [0.15, 0.2) is 5.11 Å². The van der Waals surface area contributed by atoms with E-state index in [9.17, 15) is 4.79 Å². The fraction of sp³-hybridized carbons (Fsp3) is 0.111. The molecule has 3 N–H and O–H groups in total. The van der Waals surface area contributed by atoms with Gasteiger partial charge in [-0.1, -0.05) is 126 Å². The minimum atomic E-state index is -1.87. The molecule has 0 radical (unpaired) electrons. The molecular formula is C27H22Cl3N3OS. The number of hydrogen-bond acceptors (Lipinski definition) is 2. The Kier molecular flexibility index (Phi) is 8.14. The van der Waals surface area contributed by atoms with E-state index < -0.39 is 15.9 Å². The van der Waals surface area contributed by atoms with Crippen molar-refractivity contribution in [3.63, 3.8) is 0 Å². The van der Waals surface area contributed by atoms with Crippen LogP contribution in [0.1, 0.15) is 17.0 Å². The lowest BCUT2D eigenvalue weighted by Crippen LogP contribution is -2.57. The van der Waals surface area contributed by atoms with Gasteiger partial charge in [-0.2, -0.15) is 0 Å². The largest absolute Gasteiger partial charge is 0.339 e. The Bertz CT molecular complexity index is 1270. The molecule has 8 heteroatoms. The molecule has 35 heavy (non-hydrogen) atoms. The molecule has 4 aromatic rings. The molecule has 0 aliphatic heterocycles. The molecular weight excluding hydrogens is 521 g/mol. The van der Waals surface area contributed by atoms with Gasteiger partial charge in [-0.15, -0.1) is 0 Å². The van der Waals surface area contributed by atoms with Crippen LogP contribution < -0.4 is 16.0 Å². The van der Waals surface area contributed by atoms with Crippen molar-refractivity contribution in [2.75, 3.05) is 5.32 Å². The van der Waals surface area contributed by atoms with E-state index in [1.165, 1.54) is 0 Å². The average molecular weight is 543 g/mol. The molecule has 4 nitrogen and oxygen atoms in total. The number of anilines is 1. The maximum Gasteiger partial charge on any atom is 0.233 e.